The van der Waals surface area contributed by atoms with Gasteiger partial charge in [-0.1, -0.05) is 54.6 Å². The van der Waals surface area contributed by atoms with Crippen molar-refractivity contribution in [1.29, 1.82) is 0 Å². The second kappa shape index (κ2) is 6.60. The van der Waals surface area contributed by atoms with Gasteiger partial charge in [-0.3, -0.25) is 0 Å². The molecule has 3 N–H and O–H groups in total. The van der Waals surface area contributed by atoms with E-state index >= 15 is 0 Å². The molecule has 22 heavy (non-hydrogen) atoms. The van der Waals surface area contributed by atoms with Gasteiger partial charge in [-0.25, -0.2) is 0 Å². The minimum absolute atomic E-state index is 0.235. The first-order valence-electron chi connectivity index (χ1n) is 7.39. The summed E-state index contributed by atoms with van der Waals surface area (Å²) in [6.07, 6.45) is -0.738. The Morgan fingerprint density at radius 2 is 1.59 bits per heavy atom. The lowest BCUT2D eigenvalue weighted by molar-refractivity contribution is 0.105. The summed E-state index contributed by atoms with van der Waals surface area (Å²) in [6, 6.07) is 22.8. The van der Waals surface area contributed by atoms with Crippen molar-refractivity contribution >= 4 is 16.5 Å². The van der Waals surface area contributed by atoms with Gasteiger partial charge >= 0.3 is 0 Å². The molecule has 1 unspecified atom stereocenters. The Morgan fingerprint density at radius 1 is 0.864 bits per heavy atom. The minimum atomic E-state index is -0.738. The SMILES string of the molecule is OCC(O)CNc1ccc(-c2cccc3ccccc23)cc1. The number of nitrogens with one attached hydrogen (secondary N) is 1. The summed E-state index contributed by atoms with van der Waals surface area (Å²) >= 11 is 0. The number of benzene rings is 3. The Bertz CT molecular complexity index is 747. The first-order chi connectivity index (χ1) is 10.8. The van der Waals surface area contributed by atoms with Gasteiger partial charge in [0.05, 0.1) is 12.7 Å². The average molecular weight is 293 g/mol. The molecule has 0 saturated carbocycles. The van der Waals surface area contributed by atoms with E-state index in [2.05, 4.69) is 53.8 Å². The molecule has 0 fully saturated rings. The van der Waals surface area contributed by atoms with E-state index in [1.807, 2.05) is 18.2 Å². The highest BCUT2D eigenvalue weighted by Crippen LogP contribution is 2.29. The van der Waals surface area contributed by atoms with Crippen molar-refractivity contribution in [1.82, 2.24) is 0 Å². The lowest BCUT2D eigenvalue weighted by Gasteiger charge is -2.11. The Kier molecular flexibility index (Phi) is 4.37. The third-order valence-electron chi connectivity index (χ3n) is 3.74. The largest absolute Gasteiger partial charge is 0.394 e. The summed E-state index contributed by atoms with van der Waals surface area (Å²) in [5, 5.41) is 23.7. The van der Waals surface area contributed by atoms with Gasteiger partial charge in [0.25, 0.3) is 0 Å². The standard InChI is InChI=1S/C19H19NO2/c21-13-17(22)12-20-16-10-8-15(9-11-16)19-7-3-5-14-4-1-2-6-18(14)19/h1-11,17,20-22H,12-13H2. The second-order valence-corrected chi connectivity index (χ2v) is 5.32. The first-order valence-corrected chi connectivity index (χ1v) is 7.39. The molecule has 0 heterocycles. The van der Waals surface area contributed by atoms with Crippen LogP contribution in [0.1, 0.15) is 0 Å². The van der Waals surface area contributed by atoms with Gasteiger partial charge in [-0.15, -0.1) is 0 Å². The summed E-state index contributed by atoms with van der Waals surface area (Å²) < 4.78 is 0. The molecule has 0 aromatic heterocycles. The van der Waals surface area contributed by atoms with E-state index in [0.717, 1.165) is 11.3 Å². The summed E-state index contributed by atoms with van der Waals surface area (Å²) in [6.45, 7) is 0.102. The van der Waals surface area contributed by atoms with Crippen molar-refractivity contribution in [3.63, 3.8) is 0 Å². The zero-order valence-corrected chi connectivity index (χ0v) is 12.2. The molecule has 3 aromatic carbocycles. The lowest BCUT2D eigenvalue weighted by Crippen LogP contribution is -2.22. The summed E-state index contributed by atoms with van der Waals surface area (Å²) in [5.74, 6) is 0. The molecule has 0 amide bonds. The molecule has 0 aliphatic rings. The maximum Gasteiger partial charge on any atom is 0.0942 e. The van der Waals surface area contributed by atoms with Crippen molar-refractivity contribution in [2.24, 2.45) is 0 Å². The number of aliphatic hydroxyl groups is 2. The van der Waals surface area contributed by atoms with Crippen LogP contribution in [0.3, 0.4) is 0 Å². The van der Waals surface area contributed by atoms with Crippen LogP contribution in [0.5, 0.6) is 0 Å². The molecule has 0 spiro atoms. The normalized spacial score (nSPS) is 12.3. The van der Waals surface area contributed by atoms with Gasteiger partial charge in [0, 0.05) is 12.2 Å². The predicted octanol–water partition coefficient (Wildman–Crippen LogP) is 3.27. The van der Waals surface area contributed by atoms with Crippen LogP contribution < -0.4 is 5.32 Å². The van der Waals surface area contributed by atoms with Gasteiger partial charge in [0.2, 0.25) is 0 Å². The maximum atomic E-state index is 9.36. The van der Waals surface area contributed by atoms with Crippen molar-refractivity contribution in [3.05, 3.63) is 66.7 Å². The maximum absolute atomic E-state index is 9.36. The lowest BCUT2D eigenvalue weighted by atomic mass is 9.98. The summed E-state index contributed by atoms with van der Waals surface area (Å²) in [4.78, 5) is 0. The summed E-state index contributed by atoms with van der Waals surface area (Å²) in [7, 11) is 0. The molecule has 0 radical (unpaired) electrons. The van der Waals surface area contributed by atoms with Crippen LogP contribution in [0.25, 0.3) is 21.9 Å². The van der Waals surface area contributed by atoms with Crippen LogP contribution >= 0.6 is 0 Å². The Hall–Kier alpha value is -2.36. The van der Waals surface area contributed by atoms with Crippen molar-refractivity contribution in [2.45, 2.75) is 6.10 Å². The van der Waals surface area contributed by atoms with E-state index in [9.17, 15) is 5.11 Å². The van der Waals surface area contributed by atoms with Crippen LogP contribution in [0, 0.1) is 0 Å². The highest BCUT2D eigenvalue weighted by Gasteiger charge is 2.04. The van der Waals surface area contributed by atoms with E-state index in [1.165, 1.54) is 16.3 Å². The monoisotopic (exact) mass is 293 g/mol. The fourth-order valence-electron chi connectivity index (χ4n) is 2.54. The van der Waals surface area contributed by atoms with E-state index < -0.39 is 6.10 Å². The smallest absolute Gasteiger partial charge is 0.0942 e. The quantitative estimate of drug-likeness (QED) is 0.676. The number of anilines is 1. The molecule has 112 valence electrons. The van der Waals surface area contributed by atoms with Crippen molar-refractivity contribution in [3.8, 4) is 11.1 Å². The Morgan fingerprint density at radius 3 is 2.36 bits per heavy atom. The summed E-state index contributed by atoms with van der Waals surface area (Å²) in [5.41, 5.74) is 3.29. The average Bonchev–Trinajstić information content (AvgIpc) is 2.59. The zero-order chi connectivity index (χ0) is 15.4. The topological polar surface area (TPSA) is 52.5 Å². The second-order valence-electron chi connectivity index (χ2n) is 5.32. The molecule has 3 heteroatoms. The Balaban J connectivity index is 1.86. The van der Waals surface area contributed by atoms with Crippen molar-refractivity contribution < 1.29 is 10.2 Å². The molecular weight excluding hydrogens is 274 g/mol. The molecule has 3 aromatic rings. The number of rotatable bonds is 5. The van der Waals surface area contributed by atoms with E-state index in [4.69, 9.17) is 5.11 Å². The fourth-order valence-corrected chi connectivity index (χ4v) is 2.54. The van der Waals surface area contributed by atoms with Gasteiger partial charge in [0.1, 0.15) is 0 Å². The molecular formula is C19H19NO2. The molecule has 0 saturated heterocycles. The predicted molar refractivity (Wildman–Crippen MR) is 91.0 cm³/mol. The van der Waals surface area contributed by atoms with Crippen LogP contribution in [0.2, 0.25) is 0 Å². The third kappa shape index (κ3) is 3.11. The number of hydrogen-bond donors (Lipinski definition) is 3. The highest BCUT2D eigenvalue weighted by molar-refractivity contribution is 5.96. The molecule has 3 nitrogen and oxygen atoms in total. The van der Waals surface area contributed by atoms with Gasteiger partial charge < -0.3 is 15.5 Å². The van der Waals surface area contributed by atoms with Crippen LogP contribution in [-0.2, 0) is 0 Å². The van der Waals surface area contributed by atoms with Gasteiger partial charge in [-0.05, 0) is 34.0 Å². The van der Waals surface area contributed by atoms with Gasteiger partial charge in [-0.2, -0.15) is 0 Å². The zero-order valence-electron chi connectivity index (χ0n) is 12.2. The molecule has 1 atom stereocenters. The highest BCUT2D eigenvalue weighted by atomic mass is 16.3. The van der Waals surface area contributed by atoms with E-state index in [-0.39, 0.29) is 6.61 Å². The molecule has 0 aliphatic carbocycles. The van der Waals surface area contributed by atoms with Crippen molar-refractivity contribution in [2.75, 3.05) is 18.5 Å². The number of hydrogen-bond acceptors (Lipinski definition) is 3. The molecule has 0 aliphatic heterocycles. The number of aliphatic hydroxyl groups excluding tert-OH is 2. The van der Waals surface area contributed by atoms with Crippen LogP contribution in [0.4, 0.5) is 5.69 Å². The Labute approximate surface area is 129 Å². The van der Waals surface area contributed by atoms with Gasteiger partial charge in [0.15, 0.2) is 0 Å². The van der Waals surface area contributed by atoms with Crippen LogP contribution in [-0.4, -0.2) is 29.5 Å². The molecule has 0 bridgehead atoms. The third-order valence-corrected chi connectivity index (χ3v) is 3.74. The fraction of sp³-hybridized carbons (Fsp3) is 0.158. The van der Waals surface area contributed by atoms with E-state index in [0.29, 0.717) is 6.54 Å². The van der Waals surface area contributed by atoms with E-state index in [1.54, 1.807) is 0 Å². The van der Waals surface area contributed by atoms with Crippen LogP contribution in [0.15, 0.2) is 66.7 Å². The number of fused-ring (bicyclic) bond motifs is 1. The molecule has 3 rings (SSSR count). The minimum Gasteiger partial charge on any atom is -0.394 e. The first kappa shape index (κ1) is 14.6.